The van der Waals surface area contributed by atoms with Gasteiger partial charge in [-0.05, 0) is 11.6 Å². The van der Waals surface area contributed by atoms with Crippen molar-refractivity contribution in [1.29, 1.82) is 0 Å². The Hall–Kier alpha value is -1.94. The first-order valence-corrected chi connectivity index (χ1v) is 5.44. The van der Waals surface area contributed by atoms with E-state index in [2.05, 4.69) is 15.3 Å². The summed E-state index contributed by atoms with van der Waals surface area (Å²) in [5, 5.41) is 2.89. The molecule has 17 heavy (non-hydrogen) atoms. The highest BCUT2D eigenvalue weighted by Crippen LogP contribution is 2.06. The SMILES string of the molecule is O=C(Cc1ccccc1)Nc1nccc(Cl)n1. The molecule has 1 aromatic heterocycles. The molecule has 0 bridgehead atoms. The molecule has 0 fully saturated rings. The van der Waals surface area contributed by atoms with Crippen LogP contribution in [-0.2, 0) is 11.2 Å². The number of hydrogen-bond donors (Lipinski definition) is 1. The molecular weight excluding hydrogens is 238 g/mol. The smallest absolute Gasteiger partial charge is 0.231 e. The minimum atomic E-state index is -0.168. The predicted molar refractivity (Wildman–Crippen MR) is 65.8 cm³/mol. The second-order valence-corrected chi connectivity index (χ2v) is 3.80. The van der Waals surface area contributed by atoms with Gasteiger partial charge >= 0.3 is 0 Å². The van der Waals surface area contributed by atoms with Crippen molar-refractivity contribution in [3.63, 3.8) is 0 Å². The topological polar surface area (TPSA) is 54.9 Å². The Labute approximate surface area is 104 Å². The summed E-state index contributed by atoms with van der Waals surface area (Å²) >= 11 is 5.69. The fraction of sp³-hybridized carbons (Fsp3) is 0.0833. The molecule has 5 heteroatoms. The Morgan fingerprint density at radius 3 is 2.71 bits per heavy atom. The Morgan fingerprint density at radius 2 is 2.00 bits per heavy atom. The van der Waals surface area contributed by atoms with Gasteiger partial charge in [0, 0.05) is 6.20 Å². The van der Waals surface area contributed by atoms with E-state index >= 15 is 0 Å². The van der Waals surface area contributed by atoms with Crippen LogP contribution in [0.1, 0.15) is 5.56 Å². The van der Waals surface area contributed by atoms with E-state index < -0.39 is 0 Å². The van der Waals surface area contributed by atoms with Gasteiger partial charge in [0.05, 0.1) is 6.42 Å². The van der Waals surface area contributed by atoms with Gasteiger partial charge in [-0.2, -0.15) is 0 Å². The number of anilines is 1. The Kier molecular flexibility index (Phi) is 3.67. The normalized spacial score (nSPS) is 9.94. The highest BCUT2D eigenvalue weighted by atomic mass is 35.5. The van der Waals surface area contributed by atoms with Gasteiger partial charge < -0.3 is 0 Å². The zero-order chi connectivity index (χ0) is 12.1. The molecule has 0 saturated heterocycles. The maximum Gasteiger partial charge on any atom is 0.231 e. The molecule has 1 amide bonds. The first kappa shape index (κ1) is 11.5. The van der Waals surface area contributed by atoms with Crippen LogP contribution in [-0.4, -0.2) is 15.9 Å². The molecule has 2 aromatic rings. The van der Waals surface area contributed by atoms with Crippen LogP contribution in [0.3, 0.4) is 0 Å². The van der Waals surface area contributed by atoms with Crippen LogP contribution < -0.4 is 5.32 Å². The highest BCUT2D eigenvalue weighted by molar-refractivity contribution is 6.29. The fourth-order valence-corrected chi connectivity index (χ4v) is 1.48. The Morgan fingerprint density at radius 1 is 1.24 bits per heavy atom. The maximum absolute atomic E-state index is 11.7. The van der Waals surface area contributed by atoms with Gasteiger partial charge in [0.2, 0.25) is 11.9 Å². The van der Waals surface area contributed by atoms with Crippen molar-refractivity contribution in [2.45, 2.75) is 6.42 Å². The number of hydrogen-bond acceptors (Lipinski definition) is 3. The average Bonchev–Trinajstić information content (AvgIpc) is 2.30. The molecule has 0 atom stereocenters. The van der Waals surface area contributed by atoms with E-state index in [9.17, 15) is 4.79 Å². The molecule has 0 saturated carbocycles. The molecule has 0 aliphatic carbocycles. The van der Waals surface area contributed by atoms with Crippen LogP contribution in [0.4, 0.5) is 5.95 Å². The number of rotatable bonds is 3. The minimum absolute atomic E-state index is 0.168. The summed E-state index contributed by atoms with van der Waals surface area (Å²) in [6, 6.07) is 11.0. The van der Waals surface area contributed by atoms with Gasteiger partial charge in [0.1, 0.15) is 5.15 Å². The van der Waals surface area contributed by atoms with Crippen LogP contribution in [0.5, 0.6) is 0 Å². The molecule has 0 unspecified atom stereocenters. The zero-order valence-corrected chi connectivity index (χ0v) is 9.69. The monoisotopic (exact) mass is 247 g/mol. The molecule has 0 radical (unpaired) electrons. The fourth-order valence-electron chi connectivity index (χ4n) is 1.35. The van der Waals surface area contributed by atoms with Gasteiger partial charge in [-0.15, -0.1) is 0 Å². The molecule has 0 aliphatic heterocycles. The van der Waals surface area contributed by atoms with Crippen molar-refractivity contribution in [3.8, 4) is 0 Å². The summed E-state index contributed by atoms with van der Waals surface area (Å²) in [6.07, 6.45) is 1.78. The molecule has 0 spiro atoms. The first-order chi connectivity index (χ1) is 8.24. The number of amides is 1. The highest BCUT2D eigenvalue weighted by Gasteiger charge is 2.05. The van der Waals surface area contributed by atoms with Crippen molar-refractivity contribution in [3.05, 3.63) is 53.3 Å². The van der Waals surface area contributed by atoms with E-state index in [1.54, 1.807) is 6.07 Å². The lowest BCUT2D eigenvalue weighted by Crippen LogP contribution is -2.16. The summed E-state index contributed by atoms with van der Waals surface area (Å²) in [5.74, 6) is 0.0527. The maximum atomic E-state index is 11.7. The lowest BCUT2D eigenvalue weighted by Gasteiger charge is -2.03. The van der Waals surface area contributed by atoms with Crippen LogP contribution in [0.25, 0.3) is 0 Å². The van der Waals surface area contributed by atoms with Gasteiger partial charge in [-0.1, -0.05) is 41.9 Å². The first-order valence-electron chi connectivity index (χ1n) is 5.06. The van der Waals surface area contributed by atoms with Gasteiger partial charge in [-0.3, -0.25) is 10.1 Å². The zero-order valence-electron chi connectivity index (χ0n) is 8.93. The van der Waals surface area contributed by atoms with Crippen LogP contribution >= 0.6 is 11.6 Å². The van der Waals surface area contributed by atoms with E-state index in [1.807, 2.05) is 30.3 Å². The minimum Gasteiger partial charge on any atom is -0.294 e. The van der Waals surface area contributed by atoms with Crippen molar-refractivity contribution in [2.75, 3.05) is 5.32 Å². The average molecular weight is 248 g/mol. The van der Waals surface area contributed by atoms with Gasteiger partial charge in [0.15, 0.2) is 0 Å². The quantitative estimate of drug-likeness (QED) is 0.847. The van der Waals surface area contributed by atoms with Crippen LogP contribution in [0.2, 0.25) is 5.15 Å². The second-order valence-electron chi connectivity index (χ2n) is 3.41. The summed E-state index contributed by atoms with van der Waals surface area (Å²) in [7, 11) is 0. The van der Waals surface area contributed by atoms with Crippen LogP contribution in [0.15, 0.2) is 42.6 Å². The lowest BCUT2D eigenvalue weighted by molar-refractivity contribution is -0.115. The van der Waals surface area contributed by atoms with E-state index in [0.717, 1.165) is 5.56 Å². The van der Waals surface area contributed by atoms with Crippen molar-refractivity contribution in [1.82, 2.24) is 9.97 Å². The van der Waals surface area contributed by atoms with E-state index in [-0.39, 0.29) is 18.3 Å². The van der Waals surface area contributed by atoms with Crippen molar-refractivity contribution >= 4 is 23.5 Å². The summed E-state index contributed by atoms with van der Waals surface area (Å²) in [5.41, 5.74) is 0.937. The number of nitrogens with one attached hydrogen (secondary N) is 1. The van der Waals surface area contributed by atoms with Gasteiger partial charge in [0.25, 0.3) is 0 Å². The third-order valence-electron chi connectivity index (χ3n) is 2.08. The Bertz CT molecular complexity index is 516. The lowest BCUT2D eigenvalue weighted by atomic mass is 10.1. The number of nitrogens with zero attached hydrogens (tertiary/aromatic N) is 2. The number of carbonyl (C=O) groups is 1. The molecule has 4 nitrogen and oxygen atoms in total. The van der Waals surface area contributed by atoms with Crippen LogP contribution in [0, 0.1) is 0 Å². The number of benzene rings is 1. The van der Waals surface area contributed by atoms with E-state index in [4.69, 9.17) is 11.6 Å². The number of aromatic nitrogens is 2. The standard InChI is InChI=1S/C12H10ClN3O/c13-10-6-7-14-12(15-10)16-11(17)8-9-4-2-1-3-5-9/h1-7H,8H2,(H,14,15,16,17). The Balaban J connectivity index is 1.98. The third-order valence-corrected chi connectivity index (χ3v) is 2.29. The van der Waals surface area contributed by atoms with Crippen molar-refractivity contribution in [2.24, 2.45) is 0 Å². The van der Waals surface area contributed by atoms with Gasteiger partial charge in [-0.25, -0.2) is 9.97 Å². The van der Waals surface area contributed by atoms with Crippen molar-refractivity contribution < 1.29 is 4.79 Å². The summed E-state index contributed by atoms with van der Waals surface area (Å²) < 4.78 is 0. The molecule has 0 aliphatic rings. The molecule has 86 valence electrons. The van der Waals surface area contributed by atoms with E-state index in [0.29, 0.717) is 5.15 Å². The predicted octanol–water partition coefficient (Wildman–Crippen LogP) is 2.31. The summed E-state index contributed by atoms with van der Waals surface area (Å²) in [4.78, 5) is 19.4. The second kappa shape index (κ2) is 5.41. The third kappa shape index (κ3) is 3.53. The molecule has 1 heterocycles. The van der Waals surface area contributed by atoms with E-state index in [1.165, 1.54) is 6.20 Å². The molecule has 1 N–H and O–H groups in total. The molecular formula is C12H10ClN3O. The molecule has 2 rings (SSSR count). The largest absolute Gasteiger partial charge is 0.294 e. The molecule has 1 aromatic carbocycles. The number of carbonyl (C=O) groups excluding carboxylic acids is 1. The summed E-state index contributed by atoms with van der Waals surface area (Å²) in [6.45, 7) is 0. The number of halogens is 1.